The number of carbonyl (C=O) groups is 1. The van der Waals surface area contributed by atoms with E-state index in [0.717, 1.165) is 31.8 Å². The van der Waals surface area contributed by atoms with Gasteiger partial charge in [-0.1, -0.05) is 0 Å². The van der Waals surface area contributed by atoms with Gasteiger partial charge in [0, 0.05) is 13.6 Å². The first-order valence-corrected chi connectivity index (χ1v) is 5.89. The summed E-state index contributed by atoms with van der Waals surface area (Å²) in [5, 5.41) is 0. The van der Waals surface area contributed by atoms with E-state index in [1.54, 1.807) is 7.05 Å². The smallest absolute Gasteiger partial charge is 0.327 e. The van der Waals surface area contributed by atoms with Crippen LogP contribution >= 0.6 is 0 Å². The van der Waals surface area contributed by atoms with E-state index in [1.807, 2.05) is 0 Å². The topological polar surface area (TPSA) is 41.6 Å². The van der Waals surface area contributed by atoms with Crippen LogP contribution in [-0.2, 0) is 9.63 Å². The van der Waals surface area contributed by atoms with E-state index < -0.39 is 0 Å². The minimum Gasteiger partial charge on any atom is -0.371 e. The van der Waals surface area contributed by atoms with Gasteiger partial charge in [-0.25, -0.2) is 0 Å². The molecule has 0 radical (unpaired) electrons. The third kappa shape index (κ3) is 3.18. The summed E-state index contributed by atoms with van der Waals surface area (Å²) >= 11 is 0. The molecule has 15 heavy (non-hydrogen) atoms. The summed E-state index contributed by atoms with van der Waals surface area (Å²) in [5.41, 5.74) is 2.46. The van der Waals surface area contributed by atoms with Gasteiger partial charge in [0.15, 0.2) is 0 Å². The highest BCUT2D eigenvalue weighted by molar-refractivity contribution is 5.72. The number of carbonyl (C=O) groups excluding carboxylic acids is 1. The standard InChI is InChI=1S/C11H20N2O2/c1-12-15-11(14)10-4-6-13(7-5-10)8-9-2-3-9/h9-10,12H,2-8H2,1H3. The fourth-order valence-corrected chi connectivity index (χ4v) is 2.20. The van der Waals surface area contributed by atoms with Crippen molar-refractivity contribution < 1.29 is 9.63 Å². The van der Waals surface area contributed by atoms with Crippen molar-refractivity contribution in [1.82, 2.24) is 10.4 Å². The highest BCUT2D eigenvalue weighted by Gasteiger charge is 2.29. The van der Waals surface area contributed by atoms with Crippen molar-refractivity contribution in [2.45, 2.75) is 25.7 Å². The molecule has 1 aliphatic carbocycles. The maximum atomic E-state index is 11.4. The summed E-state index contributed by atoms with van der Waals surface area (Å²) in [7, 11) is 1.63. The summed E-state index contributed by atoms with van der Waals surface area (Å²) in [4.78, 5) is 18.7. The lowest BCUT2D eigenvalue weighted by atomic mass is 9.97. The van der Waals surface area contributed by atoms with Crippen LogP contribution in [0.25, 0.3) is 0 Å². The first-order valence-electron chi connectivity index (χ1n) is 5.89. The van der Waals surface area contributed by atoms with E-state index in [-0.39, 0.29) is 11.9 Å². The van der Waals surface area contributed by atoms with Gasteiger partial charge in [-0.3, -0.25) is 4.79 Å². The molecule has 2 fully saturated rings. The highest BCUT2D eigenvalue weighted by atomic mass is 16.7. The maximum absolute atomic E-state index is 11.4. The van der Waals surface area contributed by atoms with Crippen LogP contribution < -0.4 is 5.48 Å². The first kappa shape index (κ1) is 10.9. The van der Waals surface area contributed by atoms with Crippen molar-refractivity contribution in [2.24, 2.45) is 11.8 Å². The summed E-state index contributed by atoms with van der Waals surface area (Å²) in [6.07, 6.45) is 4.71. The second-order valence-electron chi connectivity index (χ2n) is 4.64. The number of nitrogens with one attached hydrogen (secondary N) is 1. The van der Waals surface area contributed by atoms with Crippen LogP contribution in [0.1, 0.15) is 25.7 Å². The molecule has 4 nitrogen and oxygen atoms in total. The number of hydrogen-bond acceptors (Lipinski definition) is 4. The molecule has 1 N–H and O–H groups in total. The zero-order valence-electron chi connectivity index (χ0n) is 9.37. The normalized spacial score (nSPS) is 24.1. The molecule has 0 spiro atoms. The Bertz CT molecular complexity index is 221. The van der Waals surface area contributed by atoms with E-state index in [1.165, 1.54) is 19.4 Å². The zero-order chi connectivity index (χ0) is 10.7. The van der Waals surface area contributed by atoms with Gasteiger partial charge in [0.2, 0.25) is 0 Å². The zero-order valence-corrected chi connectivity index (χ0v) is 9.37. The van der Waals surface area contributed by atoms with E-state index in [4.69, 9.17) is 4.84 Å². The summed E-state index contributed by atoms with van der Waals surface area (Å²) in [6, 6.07) is 0. The van der Waals surface area contributed by atoms with Gasteiger partial charge in [-0.2, -0.15) is 5.48 Å². The monoisotopic (exact) mass is 212 g/mol. The molecule has 86 valence electrons. The van der Waals surface area contributed by atoms with E-state index in [2.05, 4.69) is 10.4 Å². The minimum atomic E-state index is -0.0939. The molecular formula is C11H20N2O2. The van der Waals surface area contributed by atoms with E-state index in [0.29, 0.717) is 0 Å². The molecule has 0 amide bonds. The fourth-order valence-electron chi connectivity index (χ4n) is 2.20. The van der Waals surface area contributed by atoms with Crippen molar-refractivity contribution in [1.29, 1.82) is 0 Å². The van der Waals surface area contributed by atoms with Crippen LogP contribution in [0.15, 0.2) is 0 Å². The maximum Gasteiger partial charge on any atom is 0.327 e. The third-order valence-electron chi connectivity index (χ3n) is 3.34. The molecule has 4 heteroatoms. The lowest BCUT2D eigenvalue weighted by molar-refractivity contribution is -0.156. The Labute approximate surface area is 90.9 Å². The van der Waals surface area contributed by atoms with Gasteiger partial charge in [0.1, 0.15) is 0 Å². The predicted octanol–water partition coefficient (Wildman–Crippen LogP) is 0.786. The quantitative estimate of drug-likeness (QED) is 0.699. The van der Waals surface area contributed by atoms with Gasteiger partial charge in [0.25, 0.3) is 0 Å². The number of piperidine rings is 1. The molecule has 0 unspecified atom stereocenters. The fraction of sp³-hybridized carbons (Fsp3) is 0.909. The van der Waals surface area contributed by atoms with Gasteiger partial charge in [-0.05, 0) is 44.7 Å². The predicted molar refractivity (Wildman–Crippen MR) is 57.0 cm³/mol. The lowest BCUT2D eigenvalue weighted by Crippen LogP contribution is -2.38. The number of hydrogen-bond donors (Lipinski definition) is 1. The van der Waals surface area contributed by atoms with Gasteiger partial charge in [0.05, 0.1) is 5.92 Å². The van der Waals surface area contributed by atoms with Crippen LogP contribution in [0.4, 0.5) is 0 Å². The molecule has 0 atom stereocenters. The van der Waals surface area contributed by atoms with Crippen molar-refractivity contribution in [3.8, 4) is 0 Å². The van der Waals surface area contributed by atoms with E-state index >= 15 is 0 Å². The highest BCUT2D eigenvalue weighted by Crippen LogP contribution is 2.31. The van der Waals surface area contributed by atoms with Crippen molar-refractivity contribution >= 4 is 5.97 Å². The molecule has 1 heterocycles. The third-order valence-corrected chi connectivity index (χ3v) is 3.34. The Hall–Kier alpha value is -0.610. The largest absolute Gasteiger partial charge is 0.371 e. The van der Waals surface area contributed by atoms with Crippen molar-refractivity contribution in [3.63, 3.8) is 0 Å². The Morgan fingerprint density at radius 3 is 2.53 bits per heavy atom. The Morgan fingerprint density at radius 1 is 1.33 bits per heavy atom. The van der Waals surface area contributed by atoms with Crippen LogP contribution in [0.3, 0.4) is 0 Å². The number of hydroxylamine groups is 1. The van der Waals surface area contributed by atoms with Gasteiger partial charge in [-0.15, -0.1) is 0 Å². The Kier molecular flexibility index (Phi) is 3.59. The summed E-state index contributed by atoms with van der Waals surface area (Å²) in [6.45, 7) is 3.35. The van der Waals surface area contributed by atoms with E-state index in [9.17, 15) is 4.79 Å². The van der Waals surface area contributed by atoms with Gasteiger partial charge < -0.3 is 9.74 Å². The molecule has 1 aliphatic heterocycles. The molecule has 0 aromatic rings. The van der Waals surface area contributed by atoms with Crippen molar-refractivity contribution in [3.05, 3.63) is 0 Å². The number of nitrogens with zero attached hydrogens (tertiary/aromatic N) is 1. The molecule has 0 aromatic carbocycles. The second kappa shape index (κ2) is 4.94. The van der Waals surface area contributed by atoms with Crippen LogP contribution in [0.2, 0.25) is 0 Å². The lowest BCUT2D eigenvalue weighted by Gasteiger charge is -2.30. The number of rotatable bonds is 4. The summed E-state index contributed by atoms with van der Waals surface area (Å²) < 4.78 is 0. The summed E-state index contributed by atoms with van der Waals surface area (Å²) in [5.74, 6) is 0.960. The minimum absolute atomic E-state index is 0.0939. The Balaban J connectivity index is 1.68. The molecule has 0 bridgehead atoms. The molecule has 1 saturated carbocycles. The molecular weight excluding hydrogens is 192 g/mol. The SMILES string of the molecule is CNOC(=O)C1CCN(CC2CC2)CC1. The number of likely N-dealkylation sites (tertiary alicyclic amines) is 1. The molecule has 0 aromatic heterocycles. The Morgan fingerprint density at radius 2 is 2.00 bits per heavy atom. The molecule has 1 saturated heterocycles. The average Bonchev–Trinajstić information content (AvgIpc) is 3.03. The van der Waals surface area contributed by atoms with Crippen LogP contribution in [0, 0.1) is 11.8 Å². The molecule has 2 aliphatic rings. The second-order valence-corrected chi connectivity index (χ2v) is 4.64. The average molecular weight is 212 g/mol. The molecule has 2 rings (SSSR count). The van der Waals surface area contributed by atoms with Crippen LogP contribution in [-0.4, -0.2) is 37.6 Å². The first-order chi connectivity index (χ1) is 7.29. The van der Waals surface area contributed by atoms with Gasteiger partial charge >= 0.3 is 5.97 Å². The van der Waals surface area contributed by atoms with Crippen molar-refractivity contribution in [2.75, 3.05) is 26.7 Å². The van der Waals surface area contributed by atoms with Crippen LogP contribution in [0.5, 0.6) is 0 Å².